The number of ether oxygens (including phenoxy) is 2. The highest BCUT2D eigenvalue weighted by Gasteiger charge is 2.13. The molecular formula is C13H18F2N2O3. The van der Waals surface area contributed by atoms with Gasteiger partial charge in [0.15, 0.2) is 0 Å². The van der Waals surface area contributed by atoms with Crippen LogP contribution in [0.5, 0.6) is 5.75 Å². The molecule has 0 aliphatic carbocycles. The number of amides is 1. The molecule has 20 heavy (non-hydrogen) atoms. The summed E-state index contributed by atoms with van der Waals surface area (Å²) in [6.07, 6.45) is 0. The van der Waals surface area contributed by atoms with E-state index in [2.05, 4.69) is 10.1 Å². The Kier molecular flexibility index (Phi) is 6.89. The lowest BCUT2D eigenvalue weighted by Crippen LogP contribution is -2.26. The number of carbonyl (C=O) groups is 1. The zero-order valence-electron chi connectivity index (χ0n) is 11.1. The van der Waals surface area contributed by atoms with Gasteiger partial charge in [-0.3, -0.25) is 4.79 Å². The van der Waals surface area contributed by atoms with Crippen molar-refractivity contribution in [3.05, 3.63) is 29.8 Å². The first-order chi connectivity index (χ1) is 9.50. The molecule has 0 bridgehead atoms. The molecule has 0 radical (unpaired) electrons. The number of carbonyl (C=O) groups excluding carboxylic acids is 1. The molecule has 3 N–H and O–H groups in total. The van der Waals surface area contributed by atoms with E-state index < -0.39 is 12.5 Å². The molecule has 112 valence electrons. The van der Waals surface area contributed by atoms with E-state index in [0.717, 1.165) is 0 Å². The summed E-state index contributed by atoms with van der Waals surface area (Å²) in [7, 11) is 0. The van der Waals surface area contributed by atoms with Gasteiger partial charge in [-0.15, -0.1) is 0 Å². The molecule has 0 aliphatic rings. The first kappa shape index (κ1) is 16.3. The molecule has 0 spiro atoms. The van der Waals surface area contributed by atoms with Crippen LogP contribution in [0.25, 0.3) is 0 Å². The molecule has 7 heteroatoms. The van der Waals surface area contributed by atoms with E-state index in [4.69, 9.17) is 10.5 Å². The van der Waals surface area contributed by atoms with E-state index in [9.17, 15) is 13.6 Å². The van der Waals surface area contributed by atoms with Crippen LogP contribution in [-0.4, -0.2) is 32.3 Å². The van der Waals surface area contributed by atoms with Crippen molar-refractivity contribution in [1.82, 2.24) is 5.32 Å². The van der Waals surface area contributed by atoms with Crippen molar-refractivity contribution in [3.8, 4) is 5.75 Å². The van der Waals surface area contributed by atoms with Crippen molar-refractivity contribution in [2.75, 3.05) is 19.8 Å². The molecule has 1 rings (SSSR count). The molecule has 0 aromatic heterocycles. The average Bonchev–Trinajstić information content (AvgIpc) is 2.37. The van der Waals surface area contributed by atoms with Gasteiger partial charge in [-0.05, 0) is 13.0 Å². The smallest absolute Gasteiger partial charge is 0.387 e. The quantitative estimate of drug-likeness (QED) is 0.674. The van der Waals surface area contributed by atoms with Crippen molar-refractivity contribution in [2.45, 2.75) is 19.6 Å². The molecule has 0 fully saturated rings. The fourth-order valence-electron chi connectivity index (χ4n) is 1.67. The van der Waals surface area contributed by atoms with Crippen LogP contribution < -0.4 is 15.8 Å². The van der Waals surface area contributed by atoms with Crippen LogP contribution in [-0.2, 0) is 9.53 Å². The van der Waals surface area contributed by atoms with Crippen LogP contribution in [0.3, 0.4) is 0 Å². The maximum atomic E-state index is 12.3. The normalized spacial score (nSPS) is 12.4. The molecule has 1 atom stereocenters. The van der Waals surface area contributed by atoms with Gasteiger partial charge >= 0.3 is 6.61 Å². The number of hydrogen-bond acceptors (Lipinski definition) is 4. The van der Waals surface area contributed by atoms with Crippen LogP contribution in [0.2, 0.25) is 0 Å². The van der Waals surface area contributed by atoms with Gasteiger partial charge in [0, 0.05) is 18.2 Å². The minimum atomic E-state index is -2.86. The molecule has 1 amide bonds. The first-order valence-corrected chi connectivity index (χ1v) is 6.14. The average molecular weight is 288 g/mol. The van der Waals surface area contributed by atoms with Crippen LogP contribution in [0.15, 0.2) is 24.3 Å². The van der Waals surface area contributed by atoms with Crippen molar-refractivity contribution in [2.24, 2.45) is 5.73 Å². The molecule has 0 saturated carbocycles. The molecule has 1 unspecified atom stereocenters. The largest absolute Gasteiger partial charge is 0.434 e. The number of hydrogen-bond donors (Lipinski definition) is 2. The molecule has 1 aromatic carbocycles. The molecule has 0 heterocycles. The van der Waals surface area contributed by atoms with Crippen LogP contribution in [0.4, 0.5) is 8.78 Å². The molecule has 1 aromatic rings. The van der Waals surface area contributed by atoms with E-state index in [1.54, 1.807) is 18.2 Å². The number of nitrogens with one attached hydrogen (secondary N) is 1. The first-order valence-electron chi connectivity index (χ1n) is 6.14. The Hall–Kier alpha value is -1.73. The second-order valence-electron chi connectivity index (χ2n) is 4.11. The highest BCUT2D eigenvalue weighted by molar-refractivity contribution is 5.74. The summed E-state index contributed by atoms with van der Waals surface area (Å²) >= 11 is 0. The summed E-state index contributed by atoms with van der Waals surface area (Å²) in [6.45, 7) is -0.423. The van der Waals surface area contributed by atoms with Crippen LogP contribution in [0.1, 0.15) is 18.5 Å². The monoisotopic (exact) mass is 288 g/mol. The molecule has 0 saturated heterocycles. The number of primary amides is 1. The number of benzene rings is 1. The number of para-hydroxylation sites is 1. The van der Waals surface area contributed by atoms with Crippen molar-refractivity contribution in [3.63, 3.8) is 0 Å². The van der Waals surface area contributed by atoms with Gasteiger partial charge in [0.05, 0.1) is 6.61 Å². The van der Waals surface area contributed by atoms with Gasteiger partial charge in [-0.2, -0.15) is 8.78 Å². The Morgan fingerprint density at radius 2 is 2.10 bits per heavy atom. The van der Waals surface area contributed by atoms with E-state index in [1.165, 1.54) is 6.07 Å². The standard InChI is InChI=1S/C13H18F2N2O3/c1-9(17-6-7-19-8-12(16)18)10-4-2-3-5-11(10)20-13(14)15/h2-5,9,13,17H,6-8H2,1H3,(H2,16,18). The Morgan fingerprint density at radius 1 is 1.40 bits per heavy atom. The van der Waals surface area contributed by atoms with Gasteiger partial charge < -0.3 is 20.5 Å². The van der Waals surface area contributed by atoms with Gasteiger partial charge in [-0.1, -0.05) is 18.2 Å². The zero-order valence-corrected chi connectivity index (χ0v) is 11.1. The number of halogens is 2. The van der Waals surface area contributed by atoms with Gasteiger partial charge in [-0.25, -0.2) is 0 Å². The van der Waals surface area contributed by atoms with Crippen LogP contribution in [0, 0.1) is 0 Å². The second kappa shape index (κ2) is 8.44. The Balaban J connectivity index is 2.46. The summed E-state index contributed by atoms with van der Waals surface area (Å²) < 4.78 is 34.0. The van der Waals surface area contributed by atoms with Gasteiger partial charge in [0.25, 0.3) is 0 Å². The third-order valence-electron chi connectivity index (χ3n) is 2.54. The third-order valence-corrected chi connectivity index (χ3v) is 2.54. The maximum absolute atomic E-state index is 12.3. The van der Waals surface area contributed by atoms with E-state index in [-0.39, 0.29) is 18.4 Å². The number of rotatable bonds is 9. The third kappa shape index (κ3) is 5.94. The highest BCUT2D eigenvalue weighted by atomic mass is 19.3. The molecule has 5 nitrogen and oxygen atoms in total. The Morgan fingerprint density at radius 3 is 2.75 bits per heavy atom. The molecular weight excluding hydrogens is 270 g/mol. The SMILES string of the molecule is CC(NCCOCC(N)=O)c1ccccc1OC(F)F. The highest BCUT2D eigenvalue weighted by Crippen LogP contribution is 2.25. The minimum Gasteiger partial charge on any atom is -0.434 e. The van der Waals surface area contributed by atoms with E-state index in [0.29, 0.717) is 18.7 Å². The summed E-state index contributed by atoms with van der Waals surface area (Å²) in [5.41, 5.74) is 5.55. The lowest BCUT2D eigenvalue weighted by molar-refractivity contribution is -0.122. The van der Waals surface area contributed by atoms with Crippen molar-refractivity contribution in [1.29, 1.82) is 0 Å². The van der Waals surface area contributed by atoms with E-state index >= 15 is 0 Å². The minimum absolute atomic E-state index is 0.138. The summed E-state index contributed by atoms with van der Waals surface area (Å²) in [5, 5.41) is 3.08. The van der Waals surface area contributed by atoms with E-state index in [1.807, 2.05) is 6.92 Å². The maximum Gasteiger partial charge on any atom is 0.387 e. The van der Waals surface area contributed by atoms with Crippen molar-refractivity contribution >= 4 is 5.91 Å². The zero-order chi connectivity index (χ0) is 15.0. The second-order valence-corrected chi connectivity index (χ2v) is 4.11. The molecule has 0 aliphatic heterocycles. The summed E-state index contributed by atoms with van der Waals surface area (Å²) in [5.74, 6) is -0.394. The number of alkyl halides is 2. The number of nitrogens with two attached hydrogens (primary N) is 1. The van der Waals surface area contributed by atoms with Gasteiger partial charge in [0.1, 0.15) is 12.4 Å². The van der Waals surface area contributed by atoms with Gasteiger partial charge in [0.2, 0.25) is 5.91 Å². The summed E-state index contributed by atoms with van der Waals surface area (Å²) in [6, 6.07) is 6.38. The predicted molar refractivity (Wildman–Crippen MR) is 69.5 cm³/mol. The lowest BCUT2D eigenvalue weighted by Gasteiger charge is -2.18. The fraction of sp³-hybridized carbons (Fsp3) is 0.462. The Bertz CT molecular complexity index is 430. The lowest BCUT2D eigenvalue weighted by atomic mass is 10.1. The topological polar surface area (TPSA) is 73.6 Å². The van der Waals surface area contributed by atoms with Crippen molar-refractivity contribution < 1.29 is 23.0 Å². The summed E-state index contributed by atoms with van der Waals surface area (Å²) in [4.78, 5) is 10.5. The fourth-order valence-corrected chi connectivity index (χ4v) is 1.67. The Labute approximate surface area is 116 Å². The predicted octanol–water partition coefficient (Wildman–Crippen LogP) is 1.44. The van der Waals surface area contributed by atoms with Crippen LogP contribution >= 0.6 is 0 Å².